The fourth-order valence-corrected chi connectivity index (χ4v) is 4.41. The van der Waals surface area contributed by atoms with Crippen LogP contribution in [0.5, 0.6) is 0 Å². The number of hydrogen-bond donors (Lipinski definition) is 1. The van der Waals surface area contributed by atoms with Gasteiger partial charge in [0.25, 0.3) is 0 Å². The van der Waals surface area contributed by atoms with Crippen molar-refractivity contribution in [3.05, 3.63) is 95.0 Å². The van der Waals surface area contributed by atoms with Crippen LogP contribution in [0.25, 0.3) is 11.5 Å². The Hall–Kier alpha value is -3.09. The van der Waals surface area contributed by atoms with Gasteiger partial charge in [0.1, 0.15) is 0 Å². The molecule has 0 spiro atoms. The van der Waals surface area contributed by atoms with E-state index in [1.165, 1.54) is 24.3 Å². The van der Waals surface area contributed by atoms with Crippen LogP contribution in [0.1, 0.15) is 11.1 Å². The molecule has 0 aliphatic carbocycles. The van der Waals surface area contributed by atoms with Crippen LogP contribution in [0.4, 0.5) is 5.88 Å². The largest absolute Gasteiger partial charge is 0.419 e. The fraction of sp³-hybridized carbons (Fsp3) is 0.0870. The van der Waals surface area contributed by atoms with E-state index in [2.05, 4.69) is 10.3 Å². The highest BCUT2D eigenvalue weighted by Crippen LogP contribution is 2.33. The molecule has 0 bridgehead atoms. The Morgan fingerprint density at radius 2 is 1.70 bits per heavy atom. The van der Waals surface area contributed by atoms with Crippen molar-refractivity contribution in [2.24, 2.45) is 0 Å². The van der Waals surface area contributed by atoms with Crippen molar-refractivity contribution in [2.75, 3.05) is 5.32 Å². The Bertz CT molecular complexity index is 1270. The topological polar surface area (TPSA) is 72.2 Å². The van der Waals surface area contributed by atoms with Crippen LogP contribution in [-0.2, 0) is 16.4 Å². The van der Waals surface area contributed by atoms with Crippen molar-refractivity contribution in [3.63, 3.8) is 0 Å². The molecule has 7 heteroatoms. The maximum atomic E-state index is 13.3. The third-order valence-electron chi connectivity index (χ3n) is 4.54. The molecule has 1 N–H and O–H groups in total. The van der Waals surface area contributed by atoms with Gasteiger partial charge in [-0.3, -0.25) is 0 Å². The number of nitrogens with one attached hydrogen (secondary N) is 1. The van der Waals surface area contributed by atoms with Crippen LogP contribution >= 0.6 is 11.6 Å². The van der Waals surface area contributed by atoms with Gasteiger partial charge in [-0.05, 0) is 48.9 Å². The zero-order valence-electron chi connectivity index (χ0n) is 16.2. The van der Waals surface area contributed by atoms with Gasteiger partial charge >= 0.3 is 0 Å². The quantitative estimate of drug-likeness (QED) is 0.415. The van der Waals surface area contributed by atoms with E-state index in [-0.39, 0.29) is 21.7 Å². The van der Waals surface area contributed by atoms with E-state index >= 15 is 0 Å². The molecule has 0 saturated carbocycles. The number of nitrogens with zero attached hydrogens (tertiary/aromatic N) is 1. The Kier molecular flexibility index (Phi) is 5.61. The van der Waals surface area contributed by atoms with E-state index < -0.39 is 9.84 Å². The zero-order chi connectivity index (χ0) is 21.1. The fourth-order valence-electron chi connectivity index (χ4n) is 3.01. The predicted octanol–water partition coefficient (Wildman–Crippen LogP) is 5.75. The number of sulfone groups is 1. The summed E-state index contributed by atoms with van der Waals surface area (Å²) in [6.45, 7) is 2.35. The molecule has 0 aliphatic rings. The SMILES string of the molecule is Cc1cccc(-c2nc(S(=O)(=O)c3ccc(Cl)cc3)c(NCc3ccccc3)o2)c1. The van der Waals surface area contributed by atoms with Crippen molar-refractivity contribution in [1.82, 2.24) is 4.98 Å². The summed E-state index contributed by atoms with van der Waals surface area (Å²) in [6, 6.07) is 23.2. The van der Waals surface area contributed by atoms with Crippen molar-refractivity contribution >= 4 is 27.3 Å². The first kappa shape index (κ1) is 20.2. The van der Waals surface area contributed by atoms with Gasteiger partial charge in [0.15, 0.2) is 0 Å². The highest BCUT2D eigenvalue weighted by molar-refractivity contribution is 7.91. The summed E-state index contributed by atoms with van der Waals surface area (Å²) < 4.78 is 32.4. The molecule has 0 unspecified atom stereocenters. The van der Waals surface area contributed by atoms with E-state index in [9.17, 15) is 8.42 Å². The Morgan fingerprint density at radius 3 is 2.40 bits per heavy atom. The molecule has 4 aromatic rings. The summed E-state index contributed by atoms with van der Waals surface area (Å²) >= 11 is 5.91. The van der Waals surface area contributed by atoms with Crippen molar-refractivity contribution < 1.29 is 12.8 Å². The van der Waals surface area contributed by atoms with Gasteiger partial charge < -0.3 is 9.73 Å². The molecule has 0 saturated heterocycles. The Balaban J connectivity index is 1.77. The summed E-state index contributed by atoms with van der Waals surface area (Å²) in [7, 11) is -3.91. The number of hydrogen-bond acceptors (Lipinski definition) is 5. The van der Waals surface area contributed by atoms with E-state index in [4.69, 9.17) is 16.0 Å². The highest BCUT2D eigenvalue weighted by atomic mass is 35.5. The molecule has 1 aromatic heterocycles. The average Bonchev–Trinajstić information content (AvgIpc) is 3.19. The van der Waals surface area contributed by atoms with Gasteiger partial charge in [0, 0.05) is 17.1 Å². The summed E-state index contributed by atoms with van der Waals surface area (Å²) in [4.78, 5) is 4.45. The highest BCUT2D eigenvalue weighted by Gasteiger charge is 2.28. The molecule has 0 amide bonds. The third-order valence-corrected chi connectivity index (χ3v) is 6.47. The monoisotopic (exact) mass is 438 g/mol. The molecular formula is C23H19ClN2O3S. The molecule has 0 atom stereocenters. The minimum atomic E-state index is -3.91. The number of oxazole rings is 1. The minimum Gasteiger partial charge on any atom is -0.419 e. The lowest BCUT2D eigenvalue weighted by Crippen LogP contribution is -2.07. The predicted molar refractivity (Wildman–Crippen MR) is 117 cm³/mol. The molecule has 152 valence electrons. The molecule has 5 nitrogen and oxygen atoms in total. The second-order valence-corrected chi connectivity index (χ2v) is 9.12. The molecule has 30 heavy (non-hydrogen) atoms. The summed E-state index contributed by atoms with van der Waals surface area (Å²) in [5.74, 6) is 0.340. The zero-order valence-corrected chi connectivity index (χ0v) is 17.7. The second kappa shape index (κ2) is 8.34. The lowest BCUT2D eigenvalue weighted by atomic mass is 10.1. The summed E-state index contributed by atoms with van der Waals surface area (Å²) in [5, 5.41) is 3.39. The van der Waals surface area contributed by atoms with Crippen molar-refractivity contribution in [1.29, 1.82) is 0 Å². The molecule has 4 rings (SSSR count). The third kappa shape index (κ3) is 4.25. The summed E-state index contributed by atoms with van der Waals surface area (Å²) in [5.41, 5.74) is 2.71. The first-order valence-electron chi connectivity index (χ1n) is 9.30. The number of benzene rings is 3. The van der Waals surface area contributed by atoms with Crippen LogP contribution in [0.15, 0.2) is 93.2 Å². The van der Waals surface area contributed by atoms with Crippen molar-refractivity contribution in [2.45, 2.75) is 23.4 Å². The standard InChI is InChI=1S/C23H19ClN2O3S/c1-16-6-5-9-18(14-16)21-26-23(30(27,28)20-12-10-19(24)11-13-20)22(29-21)25-15-17-7-3-2-4-8-17/h2-14,25H,15H2,1H3. The minimum absolute atomic E-state index is 0.0961. The van der Waals surface area contributed by atoms with Gasteiger partial charge in [0.05, 0.1) is 4.90 Å². The van der Waals surface area contributed by atoms with E-state index in [0.29, 0.717) is 17.1 Å². The molecule has 0 radical (unpaired) electrons. The average molecular weight is 439 g/mol. The molecule has 3 aromatic carbocycles. The van der Waals surface area contributed by atoms with Crippen molar-refractivity contribution in [3.8, 4) is 11.5 Å². The number of halogens is 1. The Morgan fingerprint density at radius 1 is 0.967 bits per heavy atom. The lowest BCUT2D eigenvalue weighted by molar-refractivity contribution is 0.576. The van der Waals surface area contributed by atoms with Gasteiger partial charge in [-0.15, -0.1) is 0 Å². The van der Waals surface area contributed by atoms with E-state index in [1.807, 2.05) is 61.5 Å². The normalized spacial score (nSPS) is 11.4. The molecule has 1 heterocycles. The van der Waals surface area contributed by atoms with Crippen LogP contribution in [0, 0.1) is 6.92 Å². The van der Waals surface area contributed by atoms with Crippen LogP contribution < -0.4 is 5.32 Å². The number of anilines is 1. The maximum absolute atomic E-state index is 13.3. The number of rotatable bonds is 6. The smallest absolute Gasteiger partial charge is 0.234 e. The number of aromatic nitrogens is 1. The Labute approximate surface area is 180 Å². The summed E-state index contributed by atoms with van der Waals surface area (Å²) in [6.07, 6.45) is 0. The molecule has 0 fully saturated rings. The van der Waals surface area contributed by atoms with Gasteiger partial charge in [0.2, 0.25) is 26.6 Å². The van der Waals surface area contributed by atoms with Crippen LogP contribution in [-0.4, -0.2) is 13.4 Å². The lowest BCUT2D eigenvalue weighted by Gasteiger charge is -2.06. The molecule has 0 aliphatic heterocycles. The van der Waals surface area contributed by atoms with Crippen LogP contribution in [0.3, 0.4) is 0 Å². The number of aryl methyl sites for hydroxylation is 1. The van der Waals surface area contributed by atoms with E-state index in [0.717, 1.165) is 11.1 Å². The van der Waals surface area contributed by atoms with Gasteiger partial charge in [-0.1, -0.05) is 59.6 Å². The maximum Gasteiger partial charge on any atom is 0.234 e. The van der Waals surface area contributed by atoms with Gasteiger partial charge in [-0.2, -0.15) is 4.98 Å². The first-order chi connectivity index (χ1) is 14.4. The van der Waals surface area contributed by atoms with E-state index in [1.54, 1.807) is 0 Å². The second-order valence-electron chi connectivity index (χ2n) is 6.82. The molecular weight excluding hydrogens is 420 g/mol. The van der Waals surface area contributed by atoms with Crippen LogP contribution in [0.2, 0.25) is 5.02 Å². The van der Waals surface area contributed by atoms with Gasteiger partial charge in [-0.25, -0.2) is 8.42 Å². The first-order valence-corrected chi connectivity index (χ1v) is 11.2.